The molecule has 0 N–H and O–H groups in total. The number of rotatable bonds is 4. The number of benzene rings is 1. The van der Waals surface area contributed by atoms with E-state index in [1.54, 1.807) is 29.7 Å². The van der Waals surface area contributed by atoms with Crippen molar-refractivity contribution < 1.29 is 0 Å². The maximum absolute atomic E-state index is 12.6. The summed E-state index contributed by atoms with van der Waals surface area (Å²) in [5.41, 5.74) is 0.484. The van der Waals surface area contributed by atoms with E-state index in [2.05, 4.69) is 11.1 Å². The van der Waals surface area contributed by atoms with Crippen LogP contribution in [0, 0.1) is 17.2 Å². The molecule has 0 unspecified atom stereocenters. The Hall–Kier alpha value is -1.51. The van der Waals surface area contributed by atoms with Gasteiger partial charge in [0.1, 0.15) is 0 Å². The molecule has 1 heterocycles. The first-order valence-electron chi connectivity index (χ1n) is 6.68. The lowest BCUT2D eigenvalue weighted by Gasteiger charge is -2.15. The first-order chi connectivity index (χ1) is 9.92. The smallest absolute Gasteiger partial charge is 0.262 e. The minimum Gasteiger partial charge on any atom is -0.287 e. The first kappa shape index (κ1) is 15.9. The van der Waals surface area contributed by atoms with Crippen molar-refractivity contribution in [1.82, 2.24) is 9.55 Å². The quantitative estimate of drug-likeness (QED) is 0.636. The molecule has 1 atom stereocenters. The van der Waals surface area contributed by atoms with E-state index in [-0.39, 0.29) is 10.8 Å². The zero-order valence-electron chi connectivity index (χ0n) is 12.1. The van der Waals surface area contributed by atoms with Crippen LogP contribution in [-0.2, 0) is 6.54 Å². The molecule has 2 aromatic rings. The Kier molecular flexibility index (Phi) is 4.92. The molecule has 0 amide bonds. The summed E-state index contributed by atoms with van der Waals surface area (Å²) in [7, 11) is 0. The molecule has 0 saturated heterocycles. The summed E-state index contributed by atoms with van der Waals surface area (Å²) in [4.78, 5) is 17.2. The molecular weight excluding hydrogens is 306 g/mol. The Balaban J connectivity index is 2.67. The molecule has 0 fully saturated rings. The normalized spacial score (nSPS) is 12.6. The Morgan fingerprint density at radius 1 is 1.43 bits per heavy atom. The Labute approximate surface area is 132 Å². The predicted molar refractivity (Wildman–Crippen MR) is 86.8 cm³/mol. The first-order valence-corrected chi connectivity index (χ1v) is 7.94. The van der Waals surface area contributed by atoms with Crippen LogP contribution in [0.4, 0.5) is 0 Å². The number of thioether (sulfide) groups is 1. The van der Waals surface area contributed by atoms with Gasteiger partial charge in [-0.05, 0) is 31.0 Å². The second-order valence-corrected chi connectivity index (χ2v) is 7.00. The van der Waals surface area contributed by atoms with Gasteiger partial charge in [0.05, 0.1) is 22.2 Å². The topological polar surface area (TPSA) is 58.7 Å². The zero-order chi connectivity index (χ0) is 15.6. The van der Waals surface area contributed by atoms with E-state index in [1.165, 1.54) is 11.8 Å². The van der Waals surface area contributed by atoms with Crippen molar-refractivity contribution in [3.63, 3.8) is 0 Å². The third-order valence-corrected chi connectivity index (χ3v) is 4.11. The number of nitrogens with zero attached hydrogens (tertiary/aromatic N) is 3. The molecule has 1 aromatic carbocycles. The second-order valence-electron chi connectivity index (χ2n) is 5.25. The highest BCUT2D eigenvalue weighted by molar-refractivity contribution is 8.00. The molecule has 0 saturated carbocycles. The van der Waals surface area contributed by atoms with Crippen molar-refractivity contribution >= 4 is 34.3 Å². The lowest BCUT2D eigenvalue weighted by molar-refractivity contribution is 0.475. The van der Waals surface area contributed by atoms with Gasteiger partial charge in [-0.2, -0.15) is 5.26 Å². The Bertz CT molecular complexity index is 764. The summed E-state index contributed by atoms with van der Waals surface area (Å²) in [5.74, 6) is 0.311. The van der Waals surface area contributed by atoms with E-state index in [9.17, 15) is 4.79 Å². The molecule has 110 valence electrons. The van der Waals surface area contributed by atoms with Crippen LogP contribution < -0.4 is 5.56 Å². The molecule has 0 spiro atoms. The van der Waals surface area contributed by atoms with Crippen LogP contribution in [0.15, 0.2) is 28.2 Å². The molecule has 0 radical (unpaired) electrons. The van der Waals surface area contributed by atoms with Crippen molar-refractivity contribution in [3.8, 4) is 6.07 Å². The highest BCUT2D eigenvalue weighted by Gasteiger charge is 2.15. The highest BCUT2D eigenvalue weighted by Crippen LogP contribution is 2.24. The van der Waals surface area contributed by atoms with E-state index in [1.807, 2.05) is 13.8 Å². The van der Waals surface area contributed by atoms with Crippen molar-refractivity contribution in [3.05, 3.63) is 33.6 Å². The van der Waals surface area contributed by atoms with E-state index in [0.717, 1.165) is 0 Å². The maximum Gasteiger partial charge on any atom is 0.262 e. The van der Waals surface area contributed by atoms with Gasteiger partial charge in [0.15, 0.2) is 5.16 Å². The number of hydrogen-bond donors (Lipinski definition) is 0. The second kappa shape index (κ2) is 6.50. The van der Waals surface area contributed by atoms with E-state index in [0.29, 0.717) is 33.5 Å². The number of hydrogen-bond acceptors (Lipinski definition) is 4. The third-order valence-electron chi connectivity index (χ3n) is 2.89. The molecule has 21 heavy (non-hydrogen) atoms. The molecule has 0 aliphatic carbocycles. The monoisotopic (exact) mass is 321 g/mol. The van der Waals surface area contributed by atoms with Crippen molar-refractivity contribution in [2.45, 2.75) is 37.7 Å². The minimum atomic E-state index is -0.271. The Morgan fingerprint density at radius 3 is 2.76 bits per heavy atom. The van der Waals surface area contributed by atoms with Gasteiger partial charge >= 0.3 is 0 Å². The summed E-state index contributed by atoms with van der Waals surface area (Å²) in [6.07, 6.45) is 0. The standard InChI is InChI=1S/C15H16ClN3OS/c1-9(2)8-19-14(20)12-5-4-11(16)6-13(12)18-15(19)21-10(3)7-17/h4-6,9-10H,8H2,1-3H3/t10-/m1/s1. The van der Waals surface area contributed by atoms with Crippen LogP contribution in [0.1, 0.15) is 20.8 Å². The summed E-state index contributed by atoms with van der Waals surface area (Å²) in [6, 6.07) is 7.23. The van der Waals surface area contributed by atoms with E-state index >= 15 is 0 Å². The Morgan fingerprint density at radius 2 is 2.14 bits per heavy atom. The molecule has 0 bridgehead atoms. The van der Waals surface area contributed by atoms with E-state index in [4.69, 9.17) is 16.9 Å². The van der Waals surface area contributed by atoms with Gasteiger partial charge in [0.2, 0.25) is 0 Å². The number of fused-ring (bicyclic) bond motifs is 1. The lowest BCUT2D eigenvalue weighted by atomic mass is 10.2. The molecule has 1 aromatic heterocycles. The van der Waals surface area contributed by atoms with Crippen molar-refractivity contribution in [2.24, 2.45) is 5.92 Å². The molecule has 4 nitrogen and oxygen atoms in total. The van der Waals surface area contributed by atoms with Crippen LogP contribution in [0.5, 0.6) is 0 Å². The average molecular weight is 322 g/mol. The van der Waals surface area contributed by atoms with Gasteiger partial charge in [0.25, 0.3) is 5.56 Å². The van der Waals surface area contributed by atoms with Crippen molar-refractivity contribution in [1.29, 1.82) is 5.26 Å². The minimum absolute atomic E-state index is 0.0852. The summed E-state index contributed by atoms with van der Waals surface area (Å²) in [6.45, 7) is 6.45. The largest absolute Gasteiger partial charge is 0.287 e. The molecule has 0 aliphatic heterocycles. The number of nitriles is 1. The number of halogens is 1. The summed E-state index contributed by atoms with van der Waals surface area (Å²) in [5, 5.41) is 10.4. The SMILES string of the molecule is CC(C)Cn1c(S[C@H](C)C#N)nc2cc(Cl)ccc2c1=O. The molecular formula is C15H16ClN3OS. The highest BCUT2D eigenvalue weighted by atomic mass is 35.5. The van der Waals surface area contributed by atoms with Gasteiger partial charge in [-0.3, -0.25) is 9.36 Å². The fourth-order valence-electron chi connectivity index (χ4n) is 1.97. The van der Waals surface area contributed by atoms with Crippen LogP contribution in [0.3, 0.4) is 0 Å². The van der Waals surface area contributed by atoms with Gasteiger partial charge in [-0.15, -0.1) is 0 Å². The van der Waals surface area contributed by atoms with Gasteiger partial charge in [-0.25, -0.2) is 4.98 Å². The van der Waals surface area contributed by atoms with E-state index < -0.39 is 0 Å². The number of aromatic nitrogens is 2. The molecule has 0 aliphatic rings. The summed E-state index contributed by atoms with van der Waals surface area (Å²) >= 11 is 7.27. The average Bonchev–Trinajstić information content (AvgIpc) is 2.42. The lowest BCUT2D eigenvalue weighted by Crippen LogP contribution is -2.26. The third kappa shape index (κ3) is 3.58. The fraction of sp³-hybridized carbons (Fsp3) is 0.400. The van der Waals surface area contributed by atoms with Gasteiger partial charge < -0.3 is 0 Å². The molecule has 2 rings (SSSR count). The van der Waals surface area contributed by atoms with Gasteiger partial charge in [-0.1, -0.05) is 37.2 Å². The van der Waals surface area contributed by atoms with Crippen LogP contribution in [-0.4, -0.2) is 14.8 Å². The zero-order valence-corrected chi connectivity index (χ0v) is 13.7. The van der Waals surface area contributed by atoms with Gasteiger partial charge in [0, 0.05) is 11.6 Å². The fourth-order valence-corrected chi connectivity index (χ4v) is 2.95. The summed E-state index contributed by atoms with van der Waals surface area (Å²) < 4.78 is 1.65. The van der Waals surface area contributed by atoms with Crippen LogP contribution in [0.2, 0.25) is 5.02 Å². The maximum atomic E-state index is 12.6. The van der Waals surface area contributed by atoms with Crippen molar-refractivity contribution in [2.75, 3.05) is 0 Å². The molecule has 6 heteroatoms. The van der Waals surface area contributed by atoms with Crippen LogP contribution in [0.25, 0.3) is 10.9 Å². The predicted octanol–water partition coefficient (Wildman–Crippen LogP) is 3.71. The van der Waals surface area contributed by atoms with Crippen LogP contribution >= 0.6 is 23.4 Å².